The third kappa shape index (κ3) is 3.80. The summed E-state index contributed by atoms with van der Waals surface area (Å²) in [6.45, 7) is 0.330. The van der Waals surface area contributed by atoms with E-state index in [1.165, 1.54) is 0 Å². The first-order valence-corrected chi connectivity index (χ1v) is 8.55. The molecule has 0 saturated carbocycles. The average molecular weight is 342 g/mol. The summed E-state index contributed by atoms with van der Waals surface area (Å²) in [5.74, 6) is 1.63. The van der Waals surface area contributed by atoms with Gasteiger partial charge in [-0.25, -0.2) is 0 Å². The Labute approximate surface area is 141 Å². The van der Waals surface area contributed by atoms with Crippen LogP contribution < -0.4 is 9.47 Å². The highest BCUT2D eigenvalue weighted by Gasteiger charge is 2.05. The quantitative estimate of drug-likeness (QED) is 0.694. The molecule has 1 aromatic carbocycles. The SMILES string of the molecule is COc1ccc2c(OCc3cncc(C[S-](=N)=O)c3)ccnc2c1. The van der Waals surface area contributed by atoms with Crippen LogP contribution in [0.15, 0.2) is 48.9 Å². The monoisotopic (exact) mass is 342 g/mol. The lowest BCUT2D eigenvalue weighted by atomic mass is 10.2. The number of hydrogen-bond acceptors (Lipinski definition) is 7. The van der Waals surface area contributed by atoms with E-state index >= 15 is 0 Å². The number of nitrogens with one attached hydrogen (secondary N) is 1. The molecule has 0 radical (unpaired) electrons. The maximum Gasteiger partial charge on any atom is 0.130 e. The lowest BCUT2D eigenvalue weighted by Gasteiger charge is -2.10. The highest BCUT2D eigenvalue weighted by atomic mass is 32.2. The number of rotatable bonds is 6. The summed E-state index contributed by atoms with van der Waals surface area (Å²) in [4.78, 5) is 8.43. The first-order valence-electron chi connectivity index (χ1n) is 7.23. The second-order valence-corrected chi connectivity index (χ2v) is 6.15. The second-order valence-electron chi connectivity index (χ2n) is 5.17. The number of fused-ring (bicyclic) bond motifs is 1. The van der Waals surface area contributed by atoms with Gasteiger partial charge in [0.05, 0.1) is 12.6 Å². The van der Waals surface area contributed by atoms with E-state index in [0.29, 0.717) is 6.61 Å². The number of nitrogens with zero attached hydrogens (tertiary/aromatic N) is 2. The average Bonchev–Trinajstić information content (AvgIpc) is 2.59. The Hall–Kier alpha value is -2.67. The first kappa shape index (κ1) is 16.2. The molecule has 6 nitrogen and oxygen atoms in total. The molecular weight excluding hydrogens is 326 g/mol. The van der Waals surface area contributed by atoms with E-state index in [-0.39, 0.29) is 5.75 Å². The van der Waals surface area contributed by atoms with E-state index in [1.807, 2.05) is 30.3 Å². The molecule has 0 unspecified atom stereocenters. The van der Waals surface area contributed by atoms with Crippen LogP contribution in [-0.2, 0) is 27.2 Å². The molecule has 0 aliphatic heterocycles. The Morgan fingerprint density at radius 1 is 1.17 bits per heavy atom. The van der Waals surface area contributed by atoms with E-state index < -0.39 is 10.6 Å². The molecule has 24 heavy (non-hydrogen) atoms. The van der Waals surface area contributed by atoms with Crippen molar-refractivity contribution in [3.8, 4) is 11.5 Å². The topological polar surface area (TPSA) is 85.2 Å². The van der Waals surface area contributed by atoms with Crippen molar-refractivity contribution in [3.63, 3.8) is 0 Å². The Morgan fingerprint density at radius 3 is 2.79 bits per heavy atom. The number of aromatic nitrogens is 2. The molecule has 0 atom stereocenters. The van der Waals surface area contributed by atoms with Crippen LogP contribution >= 0.6 is 0 Å². The number of pyridine rings is 2. The molecule has 3 rings (SSSR count). The molecule has 0 aliphatic carbocycles. The lowest BCUT2D eigenvalue weighted by molar-refractivity contribution is 0.309. The maximum atomic E-state index is 11.0. The van der Waals surface area contributed by atoms with Gasteiger partial charge in [0, 0.05) is 35.6 Å². The van der Waals surface area contributed by atoms with Gasteiger partial charge in [0.2, 0.25) is 0 Å². The third-order valence-electron chi connectivity index (χ3n) is 3.45. The van der Waals surface area contributed by atoms with Crippen molar-refractivity contribution in [2.24, 2.45) is 0 Å². The highest BCUT2D eigenvalue weighted by Crippen LogP contribution is 2.27. The molecule has 0 saturated heterocycles. The molecule has 0 amide bonds. The third-order valence-corrected chi connectivity index (χ3v) is 4.05. The second kappa shape index (κ2) is 7.27. The molecule has 124 valence electrons. The summed E-state index contributed by atoms with van der Waals surface area (Å²) in [6.07, 6.45) is 5.00. The zero-order valence-electron chi connectivity index (χ0n) is 13.1. The summed E-state index contributed by atoms with van der Waals surface area (Å²) < 4.78 is 29.2. The predicted octanol–water partition coefficient (Wildman–Crippen LogP) is 3.44. The van der Waals surface area contributed by atoms with Gasteiger partial charge in [-0.1, -0.05) is 11.8 Å². The summed E-state index contributed by atoms with van der Waals surface area (Å²) in [5.41, 5.74) is 2.41. The fourth-order valence-electron chi connectivity index (χ4n) is 2.37. The summed E-state index contributed by atoms with van der Waals surface area (Å²) in [7, 11) is -0.0211. The van der Waals surface area contributed by atoms with Crippen LogP contribution in [0.3, 0.4) is 0 Å². The van der Waals surface area contributed by atoms with Gasteiger partial charge in [0.1, 0.15) is 18.1 Å². The van der Waals surface area contributed by atoms with Gasteiger partial charge in [0.15, 0.2) is 0 Å². The highest BCUT2D eigenvalue weighted by molar-refractivity contribution is 7.72. The number of ether oxygens (including phenoxy) is 2. The van der Waals surface area contributed by atoms with Gasteiger partial charge in [-0.3, -0.25) is 9.97 Å². The van der Waals surface area contributed by atoms with Crippen LogP contribution in [0.25, 0.3) is 10.9 Å². The molecule has 2 heterocycles. The first-order chi connectivity index (χ1) is 11.7. The van der Waals surface area contributed by atoms with E-state index in [4.69, 9.17) is 14.3 Å². The fourth-order valence-corrected chi connectivity index (χ4v) is 2.83. The smallest absolute Gasteiger partial charge is 0.130 e. The molecule has 7 heteroatoms. The van der Waals surface area contributed by atoms with Gasteiger partial charge < -0.3 is 18.5 Å². The van der Waals surface area contributed by atoms with E-state index in [2.05, 4.69) is 9.97 Å². The van der Waals surface area contributed by atoms with Gasteiger partial charge in [-0.2, -0.15) is 10.6 Å². The standard InChI is InChI=1S/C17H16N3O3S/c1-22-14-2-3-15-16(7-14)20-5-4-17(15)23-10-12-6-13(9-19-8-12)11-24(18)21/h2-9,18H,10-11H2,1H3/q-1. The predicted molar refractivity (Wildman–Crippen MR) is 91.3 cm³/mol. The number of hydrogen-bond donors (Lipinski definition) is 1. The molecule has 0 bridgehead atoms. The van der Waals surface area contributed by atoms with Crippen LogP contribution in [0.4, 0.5) is 0 Å². The van der Waals surface area contributed by atoms with Crippen LogP contribution in [0.1, 0.15) is 11.1 Å². The lowest BCUT2D eigenvalue weighted by Crippen LogP contribution is -1.99. The fraction of sp³-hybridized carbons (Fsp3) is 0.176. The molecule has 0 fully saturated rings. The van der Waals surface area contributed by atoms with Gasteiger partial charge in [0.25, 0.3) is 0 Å². The van der Waals surface area contributed by atoms with Crippen molar-refractivity contribution in [3.05, 3.63) is 60.0 Å². The molecule has 0 spiro atoms. The molecule has 3 aromatic rings. The summed E-state index contributed by atoms with van der Waals surface area (Å²) in [6, 6.07) is 9.29. The number of benzene rings is 1. The largest absolute Gasteiger partial charge is 0.497 e. The Kier molecular flexibility index (Phi) is 4.90. The molecule has 0 aliphatic rings. The normalized spacial score (nSPS) is 10.9. The minimum absolute atomic E-state index is 0.165. The van der Waals surface area contributed by atoms with E-state index in [1.54, 1.807) is 25.7 Å². The van der Waals surface area contributed by atoms with Crippen LogP contribution in [-0.4, -0.2) is 17.1 Å². The van der Waals surface area contributed by atoms with Crippen molar-refractivity contribution in [1.82, 2.24) is 9.97 Å². The summed E-state index contributed by atoms with van der Waals surface area (Å²) >= 11 is 0. The van der Waals surface area contributed by atoms with E-state index in [9.17, 15) is 4.21 Å². The van der Waals surface area contributed by atoms with Crippen LogP contribution in [0, 0.1) is 4.78 Å². The number of methoxy groups -OCH3 is 1. The molecule has 1 N–H and O–H groups in total. The minimum Gasteiger partial charge on any atom is -0.497 e. The van der Waals surface area contributed by atoms with Gasteiger partial charge >= 0.3 is 0 Å². The van der Waals surface area contributed by atoms with Crippen molar-refractivity contribution in [2.75, 3.05) is 7.11 Å². The maximum absolute atomic E-state index is 11.0. The molecular formula is C17H16N3O3S-. The van der Waals surface area contributed by atoms with Crippen LogP contribution in [0.5, 0.6) is 11.5 Å². The van der Waals surface area contributed by atoms with Crippen LogP contribution in [0.2, 0.25) is 0 Å². The van der Waals surface area contributed by atoms with Crippen molar-refractivity contribution in [2.45, 2.75) is 12.4 Å². The van der Waals surface area contributed by atoms with Gasteiger partial charge in [-0.15, -0.1) is 0 Å². The van der Waals surface area contributed by atoms with Crippen molar-refractivity contribution in [1.29, 1.82) is 4.78 Å². The zero-order chi connectivity index (χ0) is 16.9. The van der Waals surface area contributed by atoms with E-state index in [0.717, 1.165) is 33.5 Å². The zero-order valence-corrected chi connectivity index (χ0v) is 13.9. The van der Waals surface area contributed by atoms with Crippen molar-refractivity contribution < 1.29 is 13.7 Å². The van der Waals surface area contributed by atoms with Gasteiger partial charge in [-0.05, 0) is 23.8 Å². The minimum atomic E-state index is -1.64. The molecule has 2 aromatic heterocycles. The van der Waals surface area contributed by atoms with Crippen molar-refractivity contribution >= 4 is 21.5 Å². The Balaban J connectivity index is 1.81. The summed E-state index contributed by atoms with van der Waals surface area (Å²) in [5, 5.41) is 0.898. The Bertz CT molecular complexity index is 933. The Morgan fingerprint density at radius 2 is 2.00 bits per heavy atom.